The highest BCUT2D eigenvalue weighted by atomic mass is 16.5. The van der Waals surface area contributed by atoms with Crippen molar-refractivity contribution in [3.8, 4) is 11.5 Å². The average Bonchev–Trinajstić information content (AvgIpc) is 2.51. The van der Waals surface area contributed by atoms with Crippen molar-refractivity contribution in [1.82, 2.24) is 0 Å². The normalized spacial score (nSPS) is 14.5. The van der Waals surface area contributed by atoms with E-state index < -0.39 is 35.0 Å². The second kappa shape index (κ2) is 6.41. The van der Waals surface area contributed by atoms with Crippen LogP contribution >= 0.6 is 0 Å². The lowest BCUT2D eigenvalue weighted by Crippen LogP contribution is -2.59. The van der Waals surface area contributed by atoms with Gasteiger partial charge in [0.25, 0.3) is 5.60 Å². The van der Waals surface area contributed by atoms with Crippen LogP contribution in [0.4, 0.5) is 0 Å². The van der Waals surface area contributed by atoms with Gasteiger partial charge in [0.1, 0.15) is 17.1 Å². The number of ether oxygens (including phenoxy) is 2. The first kappa shape index (κ1) is 17.4. The number of methoxy groups -OCH3 is 2. The number of carboxylic acid groups (broad SMARTS) is 2. The van der Waals surface area contributed by atoms with Gasteiger partial charge in [0.05, 0.1) is 14.2 Å². The number of benzene rings is 1. The molecule has 0 amide bonds. The summed E-state index contributed by atoms with van der Waals surface area (Å²) in [5.41, 5.74) is -4.11. The Kier molecular flexibility index (Phi) is 5.07. The fraction of sp³-hybridized carbons (Fsp3) is 0.308. The molecule has 0 spiro atoms. The van der Waals surface area contributed by atoms with Gasteiger partial charge in [0.15, 0.2) is 6.10 Å². The van der Waals surface area contributed by atoms with Gasteiger partial charge in [-0.3, -0.25) is 4.79 Å². The van der Waals surface area contributed by atoms with Crippen LogP contribution in [0, 0.1) is 0 Å². The van der Waals surface area contributed by atoms with Crippen molar-refractivity contribution in [3.63, 3.8) is 0 Å². The predicted octanol–water partition coefficient (Wildman–Crippen LogP) is -0.852. The molecule has 0 unspecified atom stereocenters. The van der Waals surface area contributed by atoms with Gasteiger partial charge < -0.3 is 29.9 Å². The number of hydrogen-bond acceptors (Lipinski definition) is 7. The van der Waals surface area contributed by atoms with Crippen LogP contribution in [0.5, 0.6) is 11.5 Å². The van der Waals surface area contributed by atoms with E-state index in [1.807, 2.05) is 0 Å². The first-order valence-corrected chi connectivity index (χ1v) is 5.84. The molecular formula is C13H14O9. The Balaban J connectivity index is 3.57. The van der Waals surface area contributed by atoms with Gasteiger partial charge in [-0.05, 0) is 12.1 Å². The maximum Gasteiger partial charge on any atom is 0.347 e. The second-order valence-corrected chi connectivity index (χ2v) is 4.18. The van der Waals surface area contributed by atoms with E-state index in [2.05, 4.69) is 0 Å². The third-order valence-electron chi connectivity index (χ3n) is 2.96. The Morgan fingerprint density at radius 2 is 1.55 bits per heavy atom. The molecule has 4 N–H and O–H groups in total. The molecule has 0 bridgehead atoms. The van der Waals surface area contributed by atoms with E-state index >= 15 is 0 Å². The molecule has 0 fully saturated rings. The highest BCUT2D eigenvalue weighted by Gasteiger charge is 2.55. The number of aliphatic hydroxyl groups is 2. The number of carbonyl (C=O) groups is 3. The Hall–Kier alpha value is -2.65. The maximum absolute atomic E-state index is 12.4. The summed E-state index contributed by atoms with van der Waals surface area (Å²) in [4.78, 5) is 34.4. The standard InChI is InChI=1S/C13H14O9/c1-21-6-4-3-5-7(22-2)8(6)9(14)13(20,12(18)19)10(15)11(16)17/h3-5,10,15,20H,1-2H3,(H,16,17)(H,18,19)/t10-,13-/m1/s1. The first-order valence-electron chi connectivity index (χ1n) is 5.84. The van der Waals surface area contributed by atoms with E-state index in [0.717, 1.165) is 0 Å². The predicted molar refractivity (Wildman–Crippen MR) is 70.1 cm³/mol. The summed E-state index contributed by atoms with van der Waals surface area (Å²) in [6, 6.07) is 4.00. The Morgan fingerprint density at radius 1 is 1.09 bits per heavy atom. The summed E-state index contributed by atoms with van der Waals surface area (Å²) in [6.07, 6.45) is -2.88. The van der Waals surface area contributed by atoms with Crippen LogP contribution in [0.25, 0.3) is 0 Å². The van der Waals surface area contributed by atoms with Gasteiger partial charge in [-0.25, -0.2) is 9.59 Å². The molecule has 9 heteroatoms. The third-order valence-corrected chi connectivity index (χ3v) is 2.96. The molecule has 9 nitrogen and oxygen atoms in total. The van der Waals surface area contributed by atoms with Crippen molar-refractivity contribution in [3.05, 3.63) is 23.8 Å². The minimum Gasteiger partial charge on any atom is -0.496 e. The van der Waals surface area contributed by atoms with E-state index in [4.69, 9.17) is 19.7 Å². The lowest BCUT2D eigenvalue weighted by Gasteiger charge is -2.26. The molecule has 1 aromatic rings. The fourth-order valence-electron chi connectivity index (χ4n) is 1.78. The van der Waals surface area contributed by atoms with Gasteiger partial charge >= 0.3 is 11.9 Å². The van der Waals surface area contributed by atoms with Crippen LogP contribution in [0.3, 0.4) is 0 Å². The summed E-state index contributed by atoms with van der Waals surface area (Å²) in [5.74, 6) is -6.18. The van der Waals surface area contributed by atoms with Crippen molar-refractivity contribution in [1.29, 1.82) is 0 Å². The third kappa shape index (κ3) is 2.71. The van der Waals surface area contributed by atoms with E-state index in [1.165, 1.54) is 32.4 Å². The molecule has 0 aliphatic rings. The number of Topliss-reactive ketones (excluding diaryl/α,β-unsaturated/α-hetero) is 1. The molecule has 0 radical (unpaired) electrons. The lowest BCUT2D eigenvalue weighted by atomic mass is 9.86. The molecule has 0 saturated carbocycles. The van der Waals surface area contributed by atoms with E-state index in [-0.39, 0.29) is 11.5 Å². The van der Waals surface area contributed by atoms with Crippen LogP contribution in [0.15, 0.2) is 18.2 Å². The molecule has 1 rings (SSSR count). The zero-order valence-electron chi connectivity index (χ0n) is 11.6. The van der Waals surface area contributed by atoms with E-state index in [1.54, 1.807) is 0 Å². The van der Waals surface area contributed by atoms with Gasteiger partial charge in [-0.2, -0.15) is 0 Å². The Labute approximate surface area is 124 Å². The van der Waals surface area contributed by atoms with E-state index in [9.17, 15) is 24.6 Å². The van der Waals surface area contributed by atoms with Crippen LogP contribution in [0.2, 0.25) is 0 Å². The minimum absolute atomic E-state index is 0.151. The number of hydrogen-bond donors (Lipinski definition) is 4. The lowest BCUT2D eigenvalue weighted by molar-refractivity contribution is -0.175. The van der Waals surface area contributed by atoms with Crippen LogP contribution in [0.1, 0.15) is 10.4 Å². The maximum atomic E-state index is 12.4. The smallest absolute Gasteiger partial charge is 0.347 e. The highest BCUT2D eigenvalue weighted by molar-refractivity contribution is 6.19. The number of aliphatic carboxylic acids is 2. The summed E-state index contributed by atoms with van der Waals surface area (Å²) in [6.45, 7) is 0. The topological polar surface area (TPSA) is 151 Å². The molecule has 1 aromatic carbocycles. The van der Waals surface area contributed by atoms with Gasteiger partial charge in [-0.15, -0.1) is 0 Å². The van der Waals surface area contributed by atoms with Crippen LogP contribution in [-0.4, -0.2) is 64.1 Å². The average molecular weight is 314 g/mol. The number of rotatable bonds is 7. The van der Waals surface area contributed by atoms with Crippen molar-refractivity contribution in [2.45, 2.75) is 11.7 Å². The Bertz CT molecular complexity index is 587. The molecule has 0 aromatic heterocycles. The van der Waals surface area contributed by atoms with Crippen LogP contribution in [-0.2, 0) is 9.59 Å². The van der Waals surface area contributed by atoms with Crippen molar-refractivity contribution < 1.29 is 44.3 Å². The molecule has 0 aliphatic carbocycles. The van der Waals surface area contributed by atoms with E-state index in [0.29, 0.717) is 0 Å². The summed E-state index contributed by atoms with van der Waals surface area (Å²) in [7, 11) is 2.36. The van der Waals surface area contributed by atoms with Crippen molar-refractivity contribution in [2.75, 3.05) is 14.2 Å². The summed E-state index contributed by atoms with van der Waals surface area (Å²) >= 11 is 0. The molecular weight excluding hydrogens is 300 g/mol. The Morgan fingerprint density at radius 3 is 1.86 bits per heavy atom. The largest absolute Gasteiger partial charge is 0.496 e. The number of aliphatic hydroxyl groups excluding tert-OH is 1. The fourth-order valence-corrected chi connectivity index (χ4v) is 1.78. The molecule has 120 valence electrons. The molecule has 2 atom stereocenters. The molecule has 0 aliphatic heterocycles. The zero-order valence-corrected chi connectivity index (χ0v) is 11.6. The quantitative estimate of drug-likeness (QED) is 0.372. The minimum atomic E-state index is -3.60. The van der Waals surface area contributed by atoms with Gasteiger partial charge in [-0.1, -0.05) is 6.07 Å². The monoisotopic (exact) mass is 314 g/mol. The van der Waals surface area contributed by atoms with Gasteiger partial charge in [0, 0.05) is 0 Å². The zero-order chi connectivity index (χ0) is 17.1. The number of ketones is 1. The summed E-state index contributed by atoms with van der Waals surface area (Å²) in [5, 5.41) is 37.2. The SMILES string of the molecule is COc1cccc(OC)c1C(=O)[C@](O)(C(=O)O)[C@H](O)C(=O)O. The first-order chi connectivity index (χ1) is 10.2. The molecule has 22 heavy (non-hydrogen) atoms. The summed E-state index contributed by atoms with van der Waals surface area (Å²) < 4.78 is 9.78. The van der Waals surface area contributed by atoms with Crippen LogP contribution < -0.4 is 9.47 Å². The second-order valence-electron chi connectivity index (χ2n) is 4.18. The molecule has 0 saturated heterocycles. The molecule has 0 heterocycles. The number of carboxylic acids is 2. The highest BCUT2D eigenvalue weighted by Crippen LogP contribution is 2.33. The van der Waals surface area contributed by atoms with Crippen molar-refractivity contribution in [2.24, 2.45) is 0 Å². The number of carbonyl (C=O) groups excluding carboxylic acids is 1. The van der Waals surface area contributed by atoms with Gasteiger partial charge in [0.2, 0.25) is 5.78 Å². The van der Waals surface area contributed by atoms with Crippen molar-refractivity contribution >= 4 is 17.7 Å².